The largest absolute Gasteiger partial charge is 0.434 e. The first-order valence-electron chi connectivity index (χ1n) is 5.79. The van der Waals surface area contributed by atoms with E-state index in [-0.39, 0.29) is 17.2 Å². The van der Waals surface area contributed by atoms with Crippen molar-refractivity contribution in [3.63, 3.8) is 0 Å². The minimum absolute atomic E-state index is 0.0260. The molecule has 2 aromatic rings. The molecule has 0 aliphatic rings. The smallest absolute Gasteiger partial charge is 0.282 e. The molecule has 110 valence electrons. The van der Waals surface area contributed by atoms with E-state index >= 15 is 0 Å². The monoisotopic (exact) mass is 295 g/mol. The third-order valence-corrected chi connectivity index (χ3v) is 2.58. The second kappa shape index (κ2) is 6.23. The van der Waals surface area contributed by atoms with Crippen molar-refractivity contribution in [3.8, 4) is 11.6 Å². The van der Waals surface area contributed by atoms with E-state index in [1.165, 1.54) is 26.4 Å². The molecule has 0 aliphatic carbocycles. The van der Waals surface area contributed by atoms with E-state index in [2.05, 4.69) is 10.2 Å². The summed E-state index contributed by atoms with van der Waals surface area (Å²) in [6, 6.07) is 4.13. The molecule has 1 heterocycles. The number of carbonyl (C=O) groups is 1. The molecular formula is C13H11F2N3O3. The number of benzene rings is 1. The minimum atomic E-state index is -0.917. The van der Waals surface area contributed by atoms with Crippen LogP contribution in [-0.2, 0) is 4.84 Å². The minimum Gasteiger partial charge on any atom is -0.434 e. The first-order chi connectivity index (χ1) is 10.0. The molecular weight excluding hydrogens is 284 g/mol. The van der Waals surface area contributed by atoms with Crippen LogP contribution in [0.1, 0.15) is 10.4 Å². The Kier molecular flexibility index (Phi) is 4.39. The Morgan fingerprint density at radius 1 is 1.29 bits per heavy atom. The summed E-state index contributed by atoms with van der Waals surface area (Å²) < 4.78 is 31.6. The van der Waals surface area contributed by atoms with Crippen molar-refractivity contribution in [3.05, 3.63) is 47.7 Å². The van der Waals surface area contributed by atoms with Gasteiger partial charge in [-0.15, -0.1) is 5.10 Å². The standard InChI is InChI=1S/C13H11F2N3O3/c1-18(20-2)13(19)9-5-6-16-17-12(9)21-11-4-3-8(14)7-10(11)15/h3-7H,1-2H3. The van der Waals surface area contributed by atoms with E-state index in [1.807, 2.05) is 0 Å². The van der Waals surface area contributed by atoms with Crippen LogP contribution in [0.2, 0.25) is 0 Å². The molecule has 1 aromatic heterocycles. The van der Waals surface area contributed by atoms with Crippen LogP contribution < -0.4 is 4.74 Å². The molecule has 21 heavy (non-hydrogen) atoms. The maximum absolute atomic E-state index is 13.6. The molecule has 0 atom stereocenters. The Labute approximate surface area is 118 Å². The summed E-state index contributed by atoms with van der Waals surface area (Å²) >= 11 is 0. The van der Waals surface area contributed by atoms with Crippen molar-refractivity contribution in [2.24, 2.45) is 0 Å². The van der Waals surface area contributed by atoms with Crippen molar-refractivity contribution in [2.45, 2.75) is 0 Å². The van der Waals surface area contributed by atoms with E-state index in [0.717, 1.165) is 17.2 Å². The number of hydrogen-bond acceptors (Lipinski definition) is 5. The Bertz CT molecular complexity index is 667. The van der Waals surface area contributed by atoms with Gasteiger partial charge < -0.3 is 4.74 Å². The third-order valence-electron chi connectivity index (χ3n) is 2.58. The van der Waals surface area contributed by atoms with Crippen LogP contribution in [-0.4, -0.2) is 35.3 Å². The van der Waals surface area contributed by atoms with Gasteiger partial charge in [-0.1, -0.05) is 0 Å². The molecule has 6 nitrogen and oxygen atoms in total. The van der Waals surface area contributed by atoms with Crippen LogP contribution in [0.15, 0.2) is 30.5 Å². The fourth-order valence-corrected chi connectivity index (χ4v) is 1.47. The molecule has 1 amide bonds. The van der Waals surface area contributed by atoms with Crippen LogP contribution in [0.3, 0.4) is 0 Å². The highest BCUT2D eigenvalue weighted by Gasteiger charge is 2.20. The van der Waals surface area contributed by atoms with Gasteiger partial charge in [-0.05, 0) is 18.2 Å². The van der Waals surface area contributed by atoms with Gasteiger partial charge in [0.25, 0.3) is 11.8 Å². The number of nitrogens with zero attached hydrogens (tertiary/aromatic N) is 3. The summed E-state index contributed by atoms with van der Waals surface area (Å²) in [5, 5.41) is 8.16. The second-order valence-corrected chi connectivity index (χ2v) is 3.91. The predicted octanol–water partition coefficient (Wildman–Crippen LogP) is 2.18. The van der Waals surface area contributed by atoms with Gasteiger partial charge in [0.1, 0.15) is 11.4 Å². The number of rotatable bonds is 4. The average molecular weight is 295 g/mol. The molecule has 0 fully saturated rings. The molecule has 0 saturated heterocycles. The Morgan fingerprint density at radius 3 is 2.71 bits per heavy atom. The van der Waals surface area contributed by atoms with Crippen LogP contribution in [0, 0.1) is 11.6 Å². The van der Waals surface area contributed by atoms with Crippen molar-refractivity contribution in [1.29, 1.82) is 0 Å². The van der Waals surface area contributed by atoms with E-state index in [1.54, 1.807) is 0 Å². The lowest BCUT2D eigenvalue weighted by atomic mass is 10.2. The lowest BCUT2D eigenvalue weighted by Crippen LogP contribution is -2.26. The summed E-state index contributed by atoms with van der Waals surface area (Å²) in [6.07, 6.45) is 1.28. The highest BCUT2D eigenvalue weighted by molar-refractivity contribution is 5.95. The fraction of sp³-hybridized carbons (Fsp3) is 0.154. The summed E-state index contributed by atoms with van der Waals surface area (Å²) in [5.41, 5.74) is 0.0260. The predicted molar refractivity (Wildman–Crippen MR) is 67.6 cm³/mol. The highest BCUT2D eigenvalue weighted by atomic mass is 19.1. The molecule has 8 heteroatoms. The van der Waals surface area contributed by atoms with Gasteiger partial charge in [0, 0.05) is 13.1 Å². The zero-order chi connectivity index (χ0) is 15.4. The SMILES string of the molecule is CON(C)C(=O)c1ccnnc1Oc1ccc(F)cc1F. The summed E-state index contributed by atoms with van der Waals surface area (Å²) in [5.74, 6) is -2.69. The topological polar surface area (TPSA) is 64.5 Å². The lowest BCUT2D eigenvalue weighted by molar-refractivity contribution is -0.0758. The van der Waals surface area contributed by atoms with E-state index in [0.29, 0.717) is 6.07 Å². The normalized spacial score (nSPS) is 10.3. The molecule has 2 rings (SSSR count). The number of hydrogen-bond donors (Lipinski definition) is 0. The molecule has 0 unspecified atom stereocenters. The number of ether oxygens (including phenoxy) is 1. The number of aromatic nitrogens is 2. The molecule has 0 saturated carbocycles. The summed E-state index contributed by atoms with van der Waals surface area (Å²) in [7, 11) is 2.71. The highest BCUT2D eigenvalue weighted by Crippen LogP contribution is 2.26. The number of carbonyl (C=O) groups excluding carboxylic acids is 1. The van der Waals surface area contributed by atoms with E-state index in [9.17, 15) is 13.6 Å². The van der Waals surface area contributed by atoms with Gasteiger partial charge in [-0.2, -0.15) is 5.10 Å². The molecule has 0 N–H and O–H groups in total. The van der Waals surface area contributed by atoms with E-state index < -0.39 is 17.5 Å². The molecule has 1 aromatic carbocycles. The van der Waals surface area contributed by atoms with Gasteiger partial charge >= 0.3 is 0 Å². The average Bonchev–Trinajstić information content (AvgIpc) is 2.49. The Balaban J connectivity index is 2.34. The van der Waals surface area contributed by atoms with Gasteiger partial charge in [0.2, 0.25) is 0 Å². The van der Waals surface area contributed by atoms with Crippen molar-refractivity contribution in [1.82, 2.24) is 15.3 Å². The fourth-order valence-electron chi connectivity index (χ4n) is 1.47. The third kappa shape index (κ3) is 3.29. The first kappa shape index (κ1) is 14.8. The molecule has 0 aliphatic heterocycles. The van der Waals surface area contributed by atoms with Crippen LogP contribution in [0.25, 0.3) is 0 Å². The second-order valence-electron chi connectivity index (χ2n) is 3.91. The van der Waals surface area contributed by atoms with Crippen molar-refractivity contribution >= 4 is 5.91 Å². The summed E-state index contributed by atoms with van der Waals surface area (Å²) in [4.78, 5) is 16.8. The maximum Gasteiger partial charge on any atom is 0.282 e. The number of hydroxylamine groups is 2. The number of halogens is 2. The van der Waals surface area contributed by atoms with Crippen molar-refractivity contribution < 1.29 is 23.1 Å². The van der Waals surface area contributed by atoms with Crippen LogP contribution in [0.4, 0.5) is 8.78 Å². The first-order valence-corrected chi connectivity index (χ1v) is 5.79. The Morgan fingerprint density at radius 2 is 2.05 bits per heavy atom. The lowest BCUT2D eigenvalue weighted by Gasteiger charge is -2.15. The summed E-state index contributed by atoms with van der Waals surface area (Å²) in [6.45, 7) is 0. The molecule has 0 radical (unpaired) electrons. The molecule has 0 spiro atoms. The zero-order valence-electron chi connectivity index (χ0n) is 11.2. The maximum atomic E-state index is 13.6. The Hall–Kier alpha value is -2.61. The van der Waals surface area contributed by atoms with Gasteiger partial charge in [0.15, 0.2) is 11.6 Å². The van der Waals surface area contributed by atoms with Gasteiger partial charge in [-0.25, -0.2) is 13.8 Å². The van der Waals surface area contributed by atoms with E-state index in [4.69, 9.17) is 9.57 Å². The van der Waals surface area contributed by atoms with Crippen molar-refractivity contribution in [2.75, 3.05) is 14.2 Å². The quantitative estimate of drug-likeness (QED) is 0.809. The zero-order valence-corrected chi connectivity index (χ0v) is 11.2. The number of amides is 1. The molecule has 0 bridgehead atoms. The van der Waals surface area contributed by atoms with Crippen LogP contribution >= 0.6 is 0 Å². The van der Waals surface area contributed by atoms with Crippen LogP contribution in [0.5, 0.6) is 11.6 Å². The van der Waals surface area contributed by atoms with Gasteiger partial charge in [-0.3, -0.25) is 9.63 Å². The van der Waals surface area contributed by atoms with Gasteiger partial charge in [0.05, 0.1) is 13.3 Å².